The zero-order valence-corrected chi connectivity index (χ0v) is 20.5. The van der Waals surface area contributed by atoms with Crippen LogP contribution in [-0.4, -0.2) is 35.4 Å². The van der Waals surface area contributed by atoms with Crippen LogP contribution >= 0.6 is 0 Å². The highest BCUT2D eigenvalue weighted by atomic mass is 16.5. The molecule has 1 fully saturated rings. The quantitative estimate of drug-likeness (QED) is 0.379. The van der Waals surface area contributed by atoms with Gasteiger partial charge in [-0.1, -0.05) is 60.2 Å². The van der Waals surface area contributed by atoms with E-state index in [0.29, 0.717) is 11.3 Å². The summed E-state index contributed by atoms with van der Waals surface area (Å²) in [5.74, 6) is -1.54. The van der Waals surface area contributed by atoms with Gasteiger partial charge in [0.25, 0.3) is 0 Å². The van der Waals surface area contributed by atoms with E-state index in [1.54, 1.807) is 25.3 Å². The molecule has 0 spiro atoms. The lowest BCUT2D eigenvalue weighted by Gasteiger charge is -2.35. The largest absolute Gasteiger partial charge is 0.465 e. The molecule has 0 N–H and O–H groups in total. The number of hydrogen-bond donors (Lipinski definition) is 0. The Morgan fingerprint density at radius 1 is 1.11 bits per heavy atom. The number of carbonyl (C=O) groups is 2. The predicted molar refractivity (Wildman–Crippen MR) is 137 cm³/mol. The summed E-state index contributed by atoms with van der Waals surface area (Å²) < 4.78 is 5.56. The number of ketones is 1. The van der Waals surface area contributed by atoms with Crippen molar-refractivity contribution in [3.8, 4) is 6.07 Å². The van der Waals surface area contributed by atoms with Crippen molar-refractivity contribution in [3.63, 3.8) is 0 Å². The van der Waals surface area contributed by atoms with Gasteiger partial charge in [0.15, 0.2) is 11.2 Å². The van der Waals surface area contributed by atoms with Crippen molar-refractivity contribution in [2.24, 2.45) is 5.41 Å². The smallest absolute Gasteiger partial charge is 0.329 e. The third-order valence-corrected chi connectivity index (χ3v) is 7.29. The standard InChI is InChI=1S/C30H27N3O3/c1-4-36-29(35)30(18-31)25-15-14-23-24(11-8-16-32-23)33(25)27(28(34)21-9-6-5-7-10-21)26(30)22-13-12-19(2)17-20(22)3/h5-17,25-27H,4H2,1-3H3/t25-,26-,27+,30+/m1/s1. The molecule has 0 aliphatic carbocycles. The molecule has 5 rings (SSSR count). The Labute approximate surface area is 210 Å². The molecule has 0 radical (unpaired) electrons. The van der Waals surface area contributed by atoms with Crippen LogP contribution in [0, 0.1) is 30.6 Å². The third kappa shape index (κ3) is 3.43. The third-order valence-electron chi connectivity index (χ3n) is 7.29. The molecule has 2 aliphatic heterocycles. The van der Waals surface area contributed by atoms with E-state index in [1.165, 1.54) is 0 Å². The number of anilines is 1. The number of fused-ring (bicyclic) bond motifs is 3. The van der Waals surface area contributed by atoms with E-state index >= 15 is 0 Å². The van der Waals surface area contributed by atoms with Gasteiger partial charge in [0.1, 0.15) is 6.04 Å². The molecular weight excluding hydrogens is 450 g/mol. The lowest BCUT2D eigenvalue weighted by Crippen LogP contribution is -2.47. The summed E-state index contributed by atoms with van der Waals surface area (Å²) >= 11 is 0. The van der Waals surface area contributed by atoms with Crippen molar-refractivity contribution < 1.29 is 14.3 Å². The maximum Gasteiger partial charge on any atom is 0.329 e. The van der Waals surface area contributed by atoms with Gasteiger partial charge < -0.3 is 9.64 Å². The van der Waals surface area contributed by atoms with Crippen molar-refractivity contribution in [1.29, 1.82) is 5.26 Å². The van der Waals surface area contributed by atoms with Crippen molar-refractivity contribution in [2.45, 2.75) is 38.8 Å². The minimum absolute atomic E-state index is 0.133. The summed E-state index contributed by atoms with van der Waals surface area (Å²) in [6, 6.07) is 19.5. The number of rotatable bonds is 5. The highest BCUT2D eigenvalue weighted by molar-refractivity contribution is 6.06. The highest BCUT2D eigenvalue weighted by Gasteiger charge is 2.67. The first-order valence-corrected chi connectivity index (χ1v) is 12.1. The van der Waals surface area contributed by atoms with Gasteiger partial charge >= 0.3 is 5.97 Å². The van der Waals surface area contributed by atoms with Gasteiger partial charge in [-0.05, 0) is 50.1 Å². The van der Waals surface area contributed by atoms with Crippen LogP contribution in [0.15, 0.2) is 72.9 Å². The molecule has 3 aromatic rings. The monoisotopic (exact) mass is 477 g/mol. The minimum atomic E-state index is -1.64. The van der Waals surface area contributed by atoms with Crippen LogP contribution in [0.1, 0.15) is 45.6 Å². The molecule has 6 heteroatoms. The van der Waals surface area contributed by atoms with E-state index in [2.05, 4.69) is 11.1 Å². The second-order valence-corrected chi connectivity index (χ2v) is 9.33. The molecule has 1 saturated heterocycles. The number of nitriles is 1. The lowest BCUT2D eigenvalue weighted by molar-refractivity contribution is -0.152. The van der Waals surface area contributed by atoms with Gasteiger partial charge in [0, 0.05) is 17.7 Å². The maximum atomic E-state index is 14.3. The van der Waals surface area contributed by atoms with E-state index in [-0.39, 0.29) is 12.4 Å². The van der Waals surface area contributed by atoms with Crippen LogP contribution < -0.4 is 4.90 Å². The molecule has 6 nitrogen and oxygen atoms in total. The zero-order chi connectivity index (χ0) is 25.4. The Balaban J connectivity index is 1.84. The summed E-state index contributed by atoms with van der Waals surface area (Å²) in [4.78, 5) is 34.5. The van der Waals surface area contributed by atoms with E-state index < -0.39 is 29.4 Å². The Morgan fingerprint density at radius 2 is 1.89 bits per heavy atom. The maximum absolute atomic E-state index is 14.3. The number of aryl methyl sites for hydroxylation is 2. The van der Waals surface area contributed by atoms with Gasteiger partial charge in [-0.2, -0.15) is 5.26 Å². The zero-order valence-electron chi connectivity index (χ0n) is 20.5. The van der Waals surface area contributed by atoms with Gasteiger partial charge in [-0.15, -0.1) is 0 Å². The molecular formula is C30H27N3O3. The number of ether oxygens (including phenoxy) is 1. The first-order valence-electron chi connectivity index (χ1n) is 12.1. The Kier molecular flexibility index (Phi) is 5.93. The van der Waals surface area contributed by atoms with Crippen LogP contribution in [0.2, 0.25) is 0 Å². The number of nitrogens with zero attached hydrogens (tertiary/aromatic N) is 3. The van der Waals surface area contributed by atoms with Crippen LogP contribution in [0.25, 0.3) is 6.08 Å². The summed E-state index contributed by atoms with van der Waals surface area (Å²) in [6.07, 6.45) is 5.35. The summed E-state index contributed by atoms with van der Waals surface area (Å²) in [7, 11) is 0. The second kappa shape index (κ2) is 9.09. The van der Waals surface area contributed by atoms with Crippen LogP contribution in [0.5, 0.6) is 0 Å². The van der Waals surface area contributed by atoms with E-state index in [9.17, 15) is 14.9 Å². The lowest BCUT2D eigenvalue weighted by atomic mass is 9.67. The summed E-state index contributed by atoms with van der Waals surface area (Å²) in [5.41, 5.74) is 3.06. The highest BCUT2D eigenvalue weighted by Crippen LogP contribution is 2.56. The van der Waals surface area contributed by atoms with Crippen molar-refractivity contribution in [3.05, 3.63) is 101 Å². The molecule has 0 unspecified atom stereocenters. The average Bonchev–Trinajstić information content (AvgIpc) is 3.20. The number of carbonyl (C=O) groups excluding carboxylic acids is 2. The minimum Gasteiger partial charge on any atom is -0.465 e. The fraction of sp³-hybridized carbons (Fsp3) is 0.267. The van der Waals surface area contributed by atoms with E-state index in [4.69, 9.17) is 4.74 Å². The molecule has 180 valence electrons. The Morgan fingerprint density at radius 3 is 2.58 bits per heavy atom. The SMILES string of the molecule is CCOC(=O)[C@]1(C#N)[C@H](c2ccc(C)cc2C)[C@@H](C(=O)c2ccccc2)N2c3cccnc3C=C[C@@H]21. The second-order valence-electron chi connectivity index (χ2n) is 9.33. The van der Waals surface area contributed by atoms with Crippen molar-refractivity contribution >= 4 is 23.5 Å². The molecule has 0 saturated carbocycles. The van der Waals surface area contributed by atoms with Crippen molar-refractivity contribution in [1.82, 2.24) is 4.98 Å². The van der Waals surface area contributed by atoms with Crippen LogP contribution in [0.3, 0.4) is 0 Å². The Bertz CT molecular complexity index is 1410. The van der Waals surface area contributed by atoms with E-state index in [0.717, 1.165) is 22.4 Å². The van der Waals surface area contributed by atoms with Crippen LogP contribution in [-0.2, 0) is 9.53 Å². The summed E-state index contributed by atoms with van der Waals surface area (Å²) in [5, 5.41) is 10.8. The number of Topliss-reactive ketones (excluding diaryl/α,β-unsaturated/α-hetero) is 1. The molecule has 0 bridgehead atoms. The van der Waals surface area contributed by atoms with E-state index in [1.807, 2.05) is 79.4 Å². The van der Waals surface area contributed by atoms with Gasteiger partial charge in [0.2, 0.25) is 0 Å². The molecule has 3 heterocycles. The molecule has 2 aliphatic rings. The Hall–Kier alpha value is -4.24. The number of esters is 1. The fourth-order valence-electron chi connectivity index (χ4n) is 5.79. The van der Waals surface area contributed by atoms with Crippen LogP contribution in [0.4, 0.5) is 5.69 Å². The number of benzene rings is 2. The molecule has 1 aromatic heterocycles. The molecule has 2 aromatic carbocycles. The molecule has 0 amide bonds. The number of pyridine rings is 1. The predicted octanol–water partition coefficient (Wildman–Crippen LogP) is 5.02. The average molecular weight is 478 g/mol. The first-order chi connectivity index (χ1) is 17.4. The molecule has 4 atom stereocenters. The topological polar surface area (TPSA) is 83.3 Å². The molecule has 36 heavy (non-hydrogen) atoms. The van der Waals surface area contributed by atoms with Gasteiger partial charge in [0.05, 0.1) is 30.1 Å². The first kappa shape index (κ1) is 23.5. The number of hydrogen-bond acceptors (Lipinski definition) is 6. The van der Waals surface area contributed by atoms with Crippen molar-refractivity contribution in [2.75, 3.05) is 11.5 Å². The number of aromatic nitrogens is 1. The fourth-order valence-corrected chi connectivity index (χ4v) is 5.79. The van der Waals surface area contributed by atoms with Gasteiger partial charge in [-0.25, -0.2) is 0 Å². The normalized spacial score (nSPS) is 23.9. The van der Waals surface area contributed by atoms with Gasteiger partial charge in [-0.3, -0.25) is 14.6 Å². The summed E-state index contributed by atoms with van der Waals surface area (Å²) in [6.45, 7) is 5.81.